The maximum Gasteiger partial charge on any atom is 0.303 e. The van der Waals surface area contributed by atoms with Crippen LogP contribution in [0.1, 0.15) is 30.6 Å². The van der Waals surface area contributed by atoms with Crippen molar-refractivity contribution in [2.24, 2.45) is 0 Å². The molecule has 0 bridgehead atoms. The molecule has 0 aliphatic carbocycles. The second-order valence-electron chi connectivity index (χ2n) is 3.78. The van der Waals surface area contributed by atoms with Crippen molar-refractivity contribution < 1.29 is 14.7 Å². The molecule has 1 aromatic heterocycles. The molecule has 1 heterocycles. The fraction of sp³-hybridized carbons (Fsp3) is 0.500. The van der Waals surface area contributed by atoms with E-state index in [9.17, 15) is 9.59 Å². The van der Waals surface area contributed by atoms with Crippen LogP contribution in [0.3, 0.4) is 0 Å². The summed E-state index contributed by atoms with van der Waals surface area (Å²) >= 11 is 1.65. The molecule has 4 nitrogen and oxygen atoms in total. The van der Waals surface area contributed by atoms with Gasteiger partial charge in [-0.3, -0.25) is 9.59 Å². The number of carbonyl (C=O) groups excluding carboxylic acids is 1. The van der Waals surface area contributed by atoms with E-state index in [0.29, 0.717) is 19.4 Å². The number of hydrogen-bond donors (Lipinski definition) is 2. The Bertz CT molecular complexity index is 349. The molecule has 0 radical (unpaired) electrons. The smallest absolute Gasteiger partial charge is 0.303 e. The van der Waals surface area contributed by atoms with Gasteiger partial charge in [0.05, 0.1) is 0 Å². The Morgan fingerprint density at radius 1 is 1.29 bits per heavy atom. The van der Waals surface area contributed by atoms with Crippen molar-refractivity contribution in [1.29, 1.82) is 0 Å². The third-order valence-electron chi connectivity index (χ3n) is 2.32. The third-order valence-corrected chi connectivity index (χ3v) is 3.25. The highest BCUT2D eigenvalue weighted by molar-refractivity contribution is 7.09. The first kappa shape index (κ1) is 13.7. The van der Waals surface area contributed by atoms with Crippen LogP contribution in [-0.4, -0.2) is 23.5 Å². The van der Waals surface area contributed by atoms with Crippen LogP contribution in [0.25, 0.3) is 0 Å². The summed E-state index contributed by atoms with van der Waals surface area (Å²) in [6.45, 7) is 0.566. The molecule has 0 aliphatic heterocycles. The molecular formula is C12H17NO3S. The van der Waals surface area contributed by atoms with E-state index in [1.54, 1.807) is 11.3 Å². The van der Waals surface area contributed by atoms with Gasteiger partial charge in [-0.1, -0.05) is 6.07 Å². The predicted molar refractivity (Wildman–Crippen MR) is 67.1 cm³/mol. The number of unbranched alkanes of at least 4 members (excludes halogenated alkanes) is 1. The van der Waals surface area contributed by atoms with Gasteiger partial charge in [-0.25, -0.2) is 0 Å². The van der Waals surface area contributed by atoms with Gasteiger partial charge in [-0.2, -0.15) is 0 Å². The van der Waals surface area contributed by atoms with E-state index in [1.165, 1.54) is 4.88 Å². The molecule has 0 fully saturated rings. The summed E-state index contributed by atoms with van der Waals surface area (Å²) < 4.78 is 0. The van der Waals surface area contributed by atoms with E-state index in [0.717, 1.165) is 12.8 Å². The molecule has 0 atom stereocenters. The Balaban J connectivity index is 2.00. The van der Waals surface area contributed by atoms with E-state index in [1.807, 2.05) is 17.5 Å². The maximum absolute atomic E-state index is 11.4. The van der Waals surface area contributed by atoms with Gasteiger partial charge in [0.1, 0.15) is 0 Å². The average molecular weight is 255 g/mol. The Morgan fingerprint density at radius 2 is 2.12 bits per heavy atom. The highest BCUT2D eigenvalue weighted by atomic mass is 32.1. The summed E-state index contributed by atoms with van der Waals surface area (Å²) in [7, 11) is 0. The lowest BCUT2D eigenvalue weighted by Gasteiger charge is -2.03. The van der Waals surface area contributed by atoms with Crippen LogP contribution in [0.15, 0.2) is 17.5 Å². The lowest BCUT2D eigenvalue weighted by Crippen LogP contribution is -2.24. The first-order chi connectivity index (χ1) is 8.18. The minimum Gasteiger partial charge on any atom is -0.481 e. The Kier molecular flexibility index (Phi) is 6.32. The molecule has 1 amide bonds. The minimum atomic E-state index is -0.783. The van der Waals surface area contributed by atoms with Gasteiger partial charge in [0.15, 0.2) is 0 Å². The molecule has 0 unspecified atom stereocenters. The summed E-state index contributed by atoms with van der Waals surface area (Å²) in [6.07, 6.45) is 2.78. The number of carboxylic acids is 1. The Morgan fingerprint density at radius 3 is 2.76 bits per heavy atom. The quantitative estimate of drug-likeness (QED) is 0.699. The van der Waals surface area contributed by atoms with Gasteiger partial charge in [0, 0.05) is 24.3 Å². The number of aryl methyl sites for hydroxylation is 1. The maximum atomic E-state index is 11.4. The fourth-order valence-electron chi connectivity index (χ4n) is 1.41. The minimum absolute atomic E-state index is 0.0359. The zero-order chi connectivity index (χ0) is 12.5. The molecule has 1 aromatic rings. The van der Waals surface area contributed by atoms with Crippen molar-refractivity contribution >= 4 is 23.2 Å². The van der Waals surface area contributed by atoms with Gasteiger partial charge in [-0.15, -0.1) is 11.3 Å². The van der Waals surface area contributed by atoms with Crippen molar-refractivity contribution in [3.05, 3.63) is 22.4 Å². The van der Waals surface area contributed by atoms with Crippen LogP contribution in [0.5, 0.6) is 0 Å². The van der Waals surface area contributed by atoms with Gasteiger partial charge in [0.2, 0.25) is 5.91 Å². The van der Waals surface area contributed by atoms with Crippen LogP contribution >= 0.6 is 11.3 Å². The number of hydrogen-bond acceptors (Lipinski definition) is 3. The molecule has 0 saturated heterocycles. The van der Waals surface area contributed by atoms with Crippen LogP contribution in [0.4, 0.5) is 0 Å². The van der Waals surface area contributed by atoms with Crippen molar-refractivity contribution in [3.63, 3.8) is 0 Å². The first-order valence-corrected chi connectivity index (χ1v) is 6.57. The summed E-state index contributed by atoms with van der Waals surface area (Å²) in [4.78, 5) is 22.9. The molecule has 17 heavy (non-hydrogen) atoms. The molecule has 1 rings (SSSR count). The molecule has 94 valence electrons. The number of aliphatic carboxylic acids is 1. The third kappa shape index (κ3) is 6.73. The molecule has 5 heteroatoms. The van der Waals surface area contributed by atoms with E-state index >= 15 is 0 Å². The molecular weight excluding hydrogens is 238 g/mol. The number of carboxylic acid groups (broad SMARTS) is 1. The topological polar surface area (TPSA) is 66.4 Å². The normalized spacial score (nSPS) is 10.1. The van der Waals surface area contributed by atoms with E-state index in [4.69, 9.17) is 5.11 Å². The monoisotopic (exact) mass is 255 g/mol. The Labute approximate surface area is 105 Å². The van der Waals surface area contributed by atoms with Crippen LogP contribution < -0.4 is 5.32 Å². The molecule has 0 spiro atoms. The van der Waals surface area contributed by atoms with Gasteiger partial charge in [-0.05, 0) is 30.7 Å². The average Bonchev–Trinajstić information content (AvgIpc) is 2.78. The van der Waals surface area contributed by atoms with Gasteiger partial charge in [0.25, 0.3) is 0 Å². The van der Waals surface area contributed by atoms with Crippen molar-refractivity contribution in [2.45, 2.75) is 32.1 Å². The predicted octanol–water partition coefficient (Wildman–Crippen LogP) is 2.05. The van der Waals surface area contributed by atoms with Gasteiger partial charge >= 0.3 is 5.97 Å². The van der Waals surface area contributed by atoms with Crippen LogP contribution in [0, 0.1) is 0 Å². The lowest BCUT2D eigenvalue weighted by molar-refractivity contribution is -0.137. The standard InChI is InChI=1S/C12H17NO3S/c14-11(7-6-10-4-3-9-17-10)13-8-2-1-5-12(15)16/h3-4,9H,1-2,5-8H2,(H,13,14)(H,15,16). The number of carbonyl (C=O) groups is 2. The summed E-state index contributed by atoms with van der Waals surface area (Å²) in [5.74, 6) is -0.747. The van der Waals surface area contributed by atoms with Gasteiger partial charge < -0.3 is 10.4 Å². The lowest BCUT2D eigenvalue weighted by atomic mass is 10.2. The number of amides is 1. The van der Waals surface area contributed by atoms with Crippen LogP contribution in [-0.2, 0) is 16.0 Å². The molecule has 0 aromatic carbocycles. The zero-order valence-corrected chi connectivity index (χ0v) is 10.5. The molecule has 0 saturated carbocycles. The fourth-order valence-corrected chi connectivity index (χ4v) is 2.12. The number of rotatable bonds is 8. The number of nitrogens with one attached hydrogen (secondary N) is 1. The van der Waals surface area contributed by atoms with E-state index in [2.05, 4.69) is 5.32 Å². The number of thiophene rings is 1. The highest BCUT2D eigenvalue weighted by Gasteiger charge is 2.02. The summed E-state index contributed by atoms with van der Waals surface area (Å²) in [5, 5.41) is 13.2. The van der Waals surface area contributed by atoms with Crippen LogP contribution in [0.2, 0.25) is 0 Å². The first-order valence-electron chi connectivity index (χ1n) is 5.69. The largest absolute Gasteiger partial charge is 0.481 e. The molecule has 0 aliphatic rings. The second-order valence-corrected chi connectivity index (χ2v) is 4.81. The zero-order valence-electron chi connectivity index (χ0n) is 9.65. The highest BCUT2D eigenvalue weighted by Crippen LogP contribution is 2.10. The van der Waals surface area contributed by atoms with Crippen molar-refractivity contribution in [2.75, 3.05) is 6.54 Å². The summed E-state index contributed by atoms with van der Waals surface area (Å²) in [5.41, 5.74) is 0. The molecule has 2 N–H and O–H groups in total. The van der Waals surface area contributed by atoms with Crippen molar-refractivity contribution in [3.8, 4) is 0 Å². The SMILES string of the molecule is O=C(O)CCCCNC(=O)CCc1cccs1. The van der Waals surface area contributed by atoms with Crippen molar-refractivity contribution in [1.82, 2.24) is 5.32 Å². The Hall–Kier alpha value is -1.36. The van der Waals surface area contributed by atoms with E-state index in [-0.39, 0.29) is 12.3 Å². The summed E-state index contributed by atoms with van der Waals surface area (Å²) in [6, 6.07) is 3.99. The second kappa shape index (κ2) is 7.84. The van der Waals surface area contributed by atoms with E-state index < -0.39 is 5.97 Å².